The fraction of sp³-hybridized carbons (Fsp3) is 0.333. The number of rotatable bonds is 1. The van der Waals surface area contributed by atoms with Gasteiger partial charge in [-0.2, -0.15) is 0 Å². The fourth-order valence-corrected chi connectivity index (χ4v) is 3.05. The molecule has 0 radical (unpaired) electrons. The largest absolute Gasteiger partial charge is 0.302 e. The molecule has 0 amide bonds. The third kappa shape index (κ3) is 2.03. The second kappa shape index (κ2) is 4.58. The van der Waals surface area contributed by atoms with Crippen LogP contribution in [0.3, 0.4) is 0 Å². The van der Waals surface area contributed by atoms with E-state index in [1.165, 1.54) is 0 Å². The Kier molecular flexibility index (Phi) is 3.03. The van der Waals surface area contributed by atoms with Crippen LogP contribution in [-0.4, -0.2) is 29.8 Å². The van der Waals surface area contributed by atoms with Crippen LogP contribution in [0.5, 0.6) is 0 Å². The summed E-state index contributed by atoms with van der Waals surface area (Å²) in [7, 11) is 2.06. The molecule has 2 aromatic rings. The maximum atomic E-state index is 11.5. The van der Waals surface area contributed by atoms with Gasteiger partial charge in [0.2, 0.25) is 0 Å². The zero-order valence-corrected chi connectivity index (χ0v) is 11.8. The van der Waals surface area contributed by atoms with Crippen LogP contribution in [0.4, 0.5) is 0 Å². The molecule has 3 nitrogen and oxygen atoms in total. The van der Waals surface area contributed by atoms with Gasteiger partial charge in [0.05, 0.1) is 5.52 Å². The van der Waals surface area contributed by atoms with Crippen LogP contribution in [0.1, 0.15) is 27.2 Å². The van der Waals surface area contributed by atoms with Gasteiger partial charge in [0.15, 0.2) is 6.29 Å². The fourth-order valence-electron chi connectivity index (χ4n) is 2.77. The molecule has 1 aromatic heterocycles. The molecule has 1 aromatic carbocycles. The summed E-state index contributed by atoms with van der Waals surface area (Å²) >= 11 is 6.11. The average molecular weight is 275 g/mol. The molecule has 0 saturated heterocycles. The number of aromatic nitrogens is 1. The summed E-state index contributed by atoms with van der Waals surface area (Å²) in [6, 6.07) is 3.74. The van der Waals surface area contributed by atoms with Crippen LogP contribution in [-0.2, 0) is 13.0 Å². The van der Waals surface area contributed by atoms with Crippen molar-refractivity contribution in [1.82, 2.24) is 9.88 Å². The highest BCUT2D eigenvalue weighted by molar-refractivity contribution is 6.31. The molecule has 0 unspecified atom stereocenters. The van der Waals surface area contributed by atoms with Gasteiger partial charge in [-0.05, 0) is 37.2 Å². The van der Waals surface area contributed by atoms with Crippen molar-refractivity contribution in [3.05, 3.63) is 39.5 Å². The number of hydrogen-bond acceptors (Lipinski definition) is 3. The lowest BCUT2D eigenvalue weighted by Gasteiger charge is -2.26. The molecule has 3 rings (SSSR count). The van der Waals surface area contributed by atoms with Crippen molar-refractivity contribution in [2.45, 2.75) is 19.9 Å². The maximum absolute atomic E-state index is 11.5. The summed E-state index contributed by atoms with van der Waals surface area (Å²) in [5.41, 5.74) is 4.77. The summed E-state index contributed by atoms with van der Waals surface area (Å²) in [5, 5.41) is 1.52. The maximum Gasteiger partial charge on any atom is 0.151 e. The number of benzene rings is 1. The average Bonchev–Trinajstić information content (AvgIpc) is 2.36. The van der Waals surface area contributed by atoms with Crippen molar-refractivity contribution in [1.29, 1.82) is 0 Å². The molecule has 1 aliphatic rings. The van der Waals surface area contributed by atoms with E-state index in [2.05, 4.69) is 11.9 Å². The molecule has 19 heavy (non-hydrogen) atoms. The van der Waals surface area contributed by atoms with Crippen molar-refractivity contribution in [3.63, 3.8) is 0 Å². The molecule has 0 saturated carbocycles. The van der Waals surface area contributed by atoms with Gasteiger partial charge in [0.25, 0.3) is 0 Å². The first-order valence-electron chi connectivity index (χ1n) is 6.35. The van der Waals surface area contributed by atoms with Gasteiger partial charge in [-0.3, -0.25) is 9.78 Å². The molecule has 0 atom stereocenters. The lowest BCUT2D eigenvalue weighted by atomic mass is 9.95. The third-order valence-electron chi connectivity index (χ3n) is 3.75. The van der Waals surface area contributed by atoms with Crippen LogP contribution in [0.15, 0.2) is 12.1 Å². The number of likely N-dealkylation sites (N-methyl/N-ethyl adjacent to an activating group) is 1. The SMILES string of the molecule is Cc1cc(Cl)cc2c(C=O)c3c(nc12)CCN(C)C3. The van der Waals surface area contributed by atoms with E-state index in [1.54, 1.807) is 0 Å². The summed E-state index contributed by atoms with van der Waals surface area (Å²) in [5.74, 6) is 0. The second-order valence-electron chi connectivity index (χ2n) is 5.18. The second-order valence-corrected chi connectivity index (χ2v) is 5.61. The van der Waals surface area contributed by atoms with Crippen molar-refractivity contribution in [2.24, 2.45) is 0 Å². The predicted octanol–water partition coefficient (Wildman–Crippen LogP) is 3.00. The van der Waals surface area contributed by atoms with Crippen LogP contribution < -0.4 is 0 Å². The standard InChI is InChI=1S/C15H15ClN2O/c1-9-5-10(16)6-11-13(8-19)12-7-18(2)4-3-14(12)17-15(9)11/h5-6,8H,3-4,7H2,1-2H3. The minimum Gasteiger partial charge on any atom is -0.302 e. The summed E-state index contributed by atoms with van der Waals surface area (Å²) in [6.07, 6.45) is 1.84. The Morgan fingerprint density at radius 3 is 2.95 bits per heavy atom. The van der Waals surface area contributed by atoms with Crippen molar-refractivity contribution < 1.29 is 4.79 Å². The monoisotopic (exact) mass is 274 g/mol. The van der Waals surface area contributed by atoms with Crippen molar-refractivity contribution in [3.8, 4) is 0 Å². The van der Waals surface area contributed by atoms with Crippen molar-refractivity contribution in [2.75, 3.05) is 13.6 Å². The summed E-state index contributed by atoms with van der Waals surface area (Å²) in [4.78, 5) is 18.5. The van der Waals surface area contributed by atoms with Gasteiger partial charge in [0.1, 0.15) is 0 Å². The topological polar surface area (TPSA) is 33.2 Å². The highest BCUT2D eigenvalue weighted by atomic mass is 35.5. The zero-order chi connectivity index (χ0) is 13.6. The molecule has 0 spiro atoms. The molecular formula is C15H15ClN2O. The summed E-state index contributed by atoms with van der Waals surface area (Å²) in [6.45, 7) is 3.74. The van der Waals surface area contributed by atoms with E-state index in [0.29, 0.717) is 5.02 Å². The highest BCUT2D eigenvalue weighted by Gasteiger charge is 2.21. The Morgan fingerprint density at radius 2 is 2.21 bits per heavy atom. The number of carbonyl (C=O) groups excluding carboxylic acids is 1. The molecule has 2 heterocycles. The molecule has 4 heteroatoms. The number of pyridine rings is 1. The zero-order valence-electron chi connectivity index (χ0n) is 11.0. The van der Waals surface area contributed by atoms with E-state index in [1.807, 2.05) is 19.1 Å². The lowest BCUT2D eigenvalue weighted by molar-refractivity contribution is 0.112. The number of halogens is 1. The molecule has 0 aliphatic carbocycles. The first-order valence-corrected chi connectivity index (χ1v) is 6.73. The molecule has 98 valence electrons. The van der Waals surface area contributed by atoms with E-state index < -0.39 is 0 Å². The van der Waals surface area contributed by atoms with E-state index in [-0.39, 0.29) is 0 Å². The Hall–Kier alpha value is -1.45. The number of aldehydes is 1. The highest BCUT2D eigenvalue weighted by Crippen LogP contribution is 2.30. The molecule has 1 aliphatic heterocycles. The van der Waals surface area contributed by atoms with E-state index >= 15 is 0 Å². The minimum absolute atomic E-state index is 0.652. The number of hydrogen-bond donors (Lipinski definition) is 0. The first-order chi connectivity index (χ1) is 9.10. The van der Waals surface area contributed by atoms with E-state index in [9.17, 15) is 4.79 Å². The van der Waals surface area contributed by atoms with E-state index in [4.69, 9.17) is 16.6 Å². The van der Waals surface area contributed by atoms with Gasteiger partial charge < -0.3 is 4.90 Å². The Balaban J connectivity index is 2.39. The first kappa shape index (κ1) is 12.6. The smallest absolute Gasteiger partial charge is 0.151 e. The molecular weight excluding hydrogens is 260 g/mol. The number of nitrogens with zero attached hydrogens (tertiary/aromatic N) is 2. The molecule has 0 bridgehead atoms. The quantitative estimate of drug-likeness (QED) is 0.750. The van der Waals surface area contributed by atoms with Gasteiger partial charge in [-0.15, -0.1) is 0 Å². The Morgan fingerprint density at radius 1 is 1.42 bits per heavy atom. The van der Waals surface area contributed by atoms with Gasteiger partial charge >= 0.3 is 0 Å². The number of carbonyl (C=O) groups is 1. The normalized spacial score (nSPS) is 15.5. The van der Waals surface area contributed by atoms with Crippen LogP contribution in [0.25, 0.3) is 10.9 Å². The summed E-state index contributed by atoms with van der Waals surface area (Å²) < 4.78 is 0. The van der Waals surface area contributed by atoms with Crippen LogP contribution >= 0.6 is 11.6 Å². The Labute approximate surface area is 117 Å². The van der Waals surface area contributed by atoms with Gasteiger partial charge in [-0.25, -0.2) is 0 Å². The lowest BCUT2D eigenvalue weighted by Crippen LogP contribution is -2.28. The third-order valence-corrected chi connectivity index (χ3v) is 3.97. The van der Waals surface area contributed by atoms with Crippen molar-refractivity contribution >= 4 is 28.8 Å². The van der Waals surface area contributed by atoms with Crippen LogP contribution in [0, 0.1) is 6.92 Å². The van der Waals surface area contributed by atoms with Gasteiger partial charge in [-0.1, -0.05) is 11.6 Å². The Bertz CT molecular complexity index is 682. The van der Waals surface area contributed by atoms with Gasteiger partial charge in [0, 0.05) is 41.2 Å². The van der Waals surface area contributed by atoms with Crippen LogP contribution in [0.2, 0.25) is 5.02 Å². The predicted molar refractivity (Wildman–Crippen MR) is 76.9 cm³/mol. The number of aryl methyl sites for hydroxylation is 1. The molecule has 0 N–H and O–H groups in total. The minimum atomic E-state index is 0.652. The molecule has 0 fully saturated rings. The number of fused-ring (bicyclic) bond motifs is 2. The van der Waals surface area contributed by atoms with E-state index in [0.717, 1.165) is 59.1 Å².